The van der Waals surface area contributed by atoms with Crippen molar-refractivity contribution in [1.82, 2.24) is 10.2 Å². The topological polar surface area (TPSA) is 66.9 Å². The highest BCUT2D eigenvalue weighted by molar-refractivity contribution is 8.02. The first-order valence-corrected chi connectivity index (χ1v) is 10.3. The van der Waals surface area contributed by atoms with Crippen LogP contribution in [0.2, 0.25) is 0 Å². The summed E-state index contributed by atoms with van der Waals surface area (Å²) >= 11 is 2.85. The van der Waals surface area contributed by atoms with Crippen LogP contribution < -0.4 is 10.6 Å². The van der Waals surface area contributed by atoms with Crippen LogP contribution in [0.15, 0.2) is 46.8 Å². The van der Waals surface area contributed by atoms with Crippen molar-refractivity contribution in [2.75, 3.05) is 10.6 Å². The summed E-state index contributed by atoms with van der Waals surface area (Å²) in [6, 6.07) is 14.1. The number of anilines is 3. The largest absolute Gasteiger partial charge is 0.330 e. The smallest absolute Gasteiger partial charge is 0.237 e. The van der Waals surface area contributed by atoms with E-state index in [1.165, 1.54) is 28.7 Å². The molecule has 2 aromatic carbocycles. The summed E-state index contributed by atoms with van der Waals surface area (Å²) in [5.41, 5.74) is 5.15. The van der Waals surface area contributed by atoms with Crippen molar-refractivity contribution in [2.45, 2.75) is 37.3 Å². The maximum atomic E-state index is 12.6. The van der Waals surface area contributed by atoms with E-state index < -0.39 is 0 Å². The molecule has 1 aromatic heterocycles. The van der Waals surface area contributed by atoms with Crippen molar-refractivity contribution < 1.29 is 4.79 Å². The van der Waals surface area contributed by atoms with Gasteiger partial charge in [0.25, 0.3) is 0 Å². The van der Waals surface area contributed by atoms with Crippen LogP contribution in [0, 0.1) is 20.8 Å². The fourth-order valence-corrected chi connectivity index (χ4v) is 4.51. The van der Waals surface area contributed by atoms with E-state index in [-0.39, 0.29) is 11.2 Å². The summed E-state index contributed by atoms with van der Waals surface area (Å²) in [5, 5.41) is 15.1. The van der Waals surface area contributed by atoms with E-state index in [0.717, 1.165) is 26.8 Å². The third-order valence-electron chi connectivity index (χ3n) is 4.05. The minimum absolute atomic E-state index is 0.0409. The number of hydrogen-bond acceptors (Lipinski definition) is 6. The first-order valence-electron chi connectivity index (χ1n) is 8.63. The van der Waals surface area contributed by atoms with E-state index in [1.54, 1.807) is 0 Å². The highest BCUT2D eigenvalue weighted by Crippen LogP contribution is 2.31. The Bertz CT molecular complexity index is 934. The maximum Gasteiger partial charge on any atom is 0.237 e. The molecule has 2 N–H and O–H groups in total. The predicted molar refractivity (Wildman–Crippen MR) is 114 cm³/mol. The molecule has 3 aromatic rings. The zero-order chi connectivity index (χ0) is 19.4. The highest BCUT2D eigenvalue weighted by atomic mass is 32.2. The van der Waals surface area contributed by atoms with Gasteiger partial charge in [-0.3, -0.25) is 4.79 Å². The molecule has 3 rings (SSSR count). The molecule has 5 nitrogen and oxygen atoms in total. The molecule has 0 aliphatic rings. The van der Waals surface area contributed by atoms with Crippen molar-refractivity contribution in [3.8, 4) is 0 Å². The van der Waals surface area contributed by atoms with E-state index in [9.17, 15) is 4.79 Å². The molecule has 0 aliphatic carbocycles. The average Bonchev–Trinajstić information content (AvgIpc) is 3.05. The van der Waals surface area contributed by atoms with Gasteiger partial charge in [0.1, 0.15) is 0 Å². The van der Waals surface area contributed by atoms with Gasteiger partial charge in [0.05, 0.1) is 5.25 Å². The second-order valence-electron chi connectivity index (χ2n) is 6.38. The number of aryl methyl sites for hydroxylation is 3. The molecule has 0 spiro atoms. The summed E-state index contributed by atoms with van der Waals surface area (Å²) in [6.45, 7) is 7.91. The summed E-state index contributed by atoms with van der Waals surface area (Å²) in [6.07, 6.45) is 0. The molecule has 27 heavy (non-hydrogen) atoms. The first-order chi connectivity index (χ1) is 12.9. The molecule has 0 saturated carbocycles. The fraction of sp³-hybridized carbons (Fsp3) is 0.250. The van der Waals surface area contributed by atoms with Crippen LogP contribution in [-0.4, -0.2) is 21.4 Å². The monoisotopic (exact) mass is 398 g/mol. The highest BCUT2D eigenvalue weighted by Gasteiger charge is 2.18. The Hall–Kier alpha value is -2.38. The quantitative estimate of drug-likeness (QED) is 0.550. The first kappa shape index (κ1) is 19.4. The number of carbonyl (C=O) groups excluding carboxylic acids is 1. The molecule has 0 saturated heterocycles. The van der Waals surface area contributed by atoms with Gasteiger partial charge in [0.2, 0.25) is 11.0 Å². The molecule has 0 bridgehead atoms. The lowest BCUT2D eigenvalue weighted by molar-refractivity contribution is -0.115. The van der Waals surface area contributed by atoms with Gasteiger partial charge >= 0.3 is 0 Å². The fourth-order valence-electron chi connectivity index (χ4n) is 2.60. The third kappa shape index (κ3) is 5.08. The third-order valence-corrected chi connectivity index (χ3v) is 6.07. The molecule has 0 fully saturated rings. The van der Waals surface area contributed by atoms with Crippen molar-refractivity contribution in [3.05, 3.63) is 59.2 Å². The van der Waals surface area contributed by atoms with E-state index in [1.807, 2.05) is 64.1 Å². The zero-order valence-corrected chi connectivity index (χ0v) is 17.4. The zero-order valence-electron chi connectivity index (χ0n) is 15.7. The number of aromatic nitrogens is 2. The number of hydrogen-bond donors (Lipinski definition) is 2. The van der Waals surface area contributed by atoms with Crippen LogP contribution in [0.5, 0.6) is 0 Å². The molecular weight excluding hydrogens is 376 g/mol. The Kier molecular flexibility index (Phi) is 6.13. The van der Waals surface area contributed by atoms with Crippen molar-refractivity contribution >= 4 is 45.5 Å². The standard InChI is InChI=1S/C20H22N4OS2/c1-12-7-5-10-16(11-12)21-19-23-24-20(27-19)26-15(4)18(25)22-17-13(2)8-6-9-14(17)3/h5-11,15H,1-4H3,(H,21,23)(H,22,25)/t15-/m0/s1. The minimum Gasteiger partial charge on any atom is -0.330 e. The lowest BCUT2D eigenvalue weighted by Gasteiger charge is -2.14. The number of rotatable bonds is 6. The van der Waals surface area contributed by atoms with Crippen LogP contribution in [0.25, 0.3) is 0 Å². The number of thioether (sulfide) groups is 1. The van der Waals surface area contributed by atoms with E-state index in [4.69, 9.17) is 0 Å². The van der Waals surface area contributed by atoms with E-state index in [0.29, 0.717) is 5.13 Å². The van der Waals surface area contributed by atoms with Crippen molar-refractivity contribution in [1.29, 1.82) is 0 Å². The Morgan fingerprint density at radius 2 is 1.78 bits per heavy atom. The van der Waals surface area contributed by atoms with Crippen LogP contribution in [-0.2, 0) is 4.79 Å². The number of nitrogens with zero attached hydrogens (tertiary/aromatic N) is 2. The Morgan fingerprint density at radius 1 is 1.07 bits per heavy atom. The molecule has 0 aliphatic heterocycles. The number of carbonyl (C=O) groups is 1. The normalized spacial score (nSPS) is 11.9. The summed E-state index contributed by atoms with van der Waals surface area (Å²) < 4.78 is 0.759. The molecule has 1 amide bonds. The number of amides is 1. The Labute approximate surface area is 167 Å². The lowest BCUT2D eigenvalue weighted by Crippen LogP contribution is -2.23. The predicted octanol–water partition coefficient (Wildman–Crippen LogP) is 5.33. The van der Waals surface area contributed by atoms with Crippen molar-refractivity contribution in [2.24, 2.45) is 0 Å². The average molecular weight is 399 g/mol. The van der Waals surface area contributed by atoms with Crippen LogP contribution in [0.3, 0.4) is 0 Å². The minimum atomic E-state index is -0.274. The van der Waals surface area contributed by atoms with Crippen LogP contribution in [0.1, 0.15) is 23.6 Å². The molecule has 0 unspecified atom stereocenters. The number of para-hydroxylation sites is 1. The van der Waals surface area contributed by atoms with Gasteiger partial charge in [-0.15, -0.1) is 10.2 Å². The summed E-state index contributed by atoms with van der Waals surface area (Å²) in [4.78, 5) is 12.6. The molecule has 0 radical (unpaired) electrons. The number of nitrogens with one attached hydrogen (secondary N) is 2. The van der Waals surface area contributed by atoms with E-state index >= 15 is 0 Å². The Morgan fingerprint density at radius 3 is 2.48 bits per heavy atom. The number of benzene rings is 2. The molecule has 1 atom stereocenters. The Balaban J connectivity index is 1.62. The lowest BCUT2D eigenvalue weighted by atomic mass is 10.1. The second-order valence-corrected chi connectivity index (χ2v) is 8.95. The SMILES string of the molecule is Cc1cccc(Nc2nnc(S[C@@H](C)C(=O)Nc3c(C)cccc3C)s2)c1. The van der Waals surface area contributed by atoms with Gasteiger partial charge in [-0.05, 0) is 56.5 Å². The second kappa shape index (κ2) is 8.54. The van der Waals surface area contributed by atoms with Crippen LogP contribution in [0.4, 0.5) is 16.5 Å². The van der Waals surface area contributed by atoms with Gasteiger partial charge in [-0.25, -0.2) is 0 Å². The van der Waals surface area contributed by atoms with Gasteiger partial charge in [-0.2, -0.15) is 0 Å². The maximum absolute atomic E-state index is 12.6. The molecule has 140 valence electrons. The van der Waals surface area contributed by atoms with Crippen LogP contribution >= 0.6 is 23.1 Å². The molecular formula is C20H22N4OS2. The molecule has 7 heteroatoms. The summed E-state index contributed by atoms with van der Waals surface area (Å²) in [5.74, 6) is -0.0409. The van der Waals surface area contributed by atoms with Gasteiger partial charge in [0.15, 0.2) is 4.34 Å². The summed E-state index contributed by atoms with van der Waals surface area (Å²) in [7, 11) is 0. The van der Waals surface area contributed by atoms with Crippen molar-refractivity contribution in [3.63, 3.8) is 0 Å². The van der Waals surface area contributed by atoms with Gasteiger partial charge in [0, 0.05) is 11.4 Å². The molecule has 1 heterocycles. The van der Waals surface area contributed by atoms with Gasteiger partial charge < -0.3 is 10.6 Å². The van der Waals surface area contributed by atoms with E-state index in [2.05, 4.69) is 26.9 Å². The van der Waals surface area contributed by atoms with Gasteiger partial charge in [-0.1, -0.05) is 53.4 Å².